The molecule has 0 aliphatic heterocycles. The number of aryl methyl sites for hydroxylation is 2. The molecule has 0 saturated carbocycles. The molecule has 4 heteroatoms. The van der Waals surface area contributed by atoms with Crippen LogP contribution in [0.5, 0.6) is 5.75 Å². The highest BCUT2D eigenvalue weighted by molar-refractivity contribution is 9.10. The van der Waals surface area contributed by atoms with Crippen LogP contribution in [0.4, 0.5) is 0 Å². The molecule has 19 heavy (non-hydrogen) atoms. The molecule has 0 bridgehead atoms. The van der Waals surface area contributed by atoms with Crippen molar-refractivity contribution < 1.29 is 14.3 Å². The number of ether oxygens (including phenoxy) is 1. The Hall–Kier alpha value is -1.26. The minimum Gasteiger partial charge on any atom is -0.496 e. The van der Waals surface area contributed by atoms with Gasteiger partial charge in [-0.1, -0.05) is 15.9 Å². The number of benzene rings is 1. The fourth-order valence-corrected chi connectivity index (χ4v) is 2.61. The lowest BCUT2D eigenvalue weighted by Crippen LogP contribution is -2.03. The third kappa shape index (κ3) is 3.19. The summed E-state index contributed by atoms with van der Waals surface area (Å²) in [6, 6.07) is 7.65. The van der Waals surface area contributed by atoms with E-state index in [-0.39, 0.29) is 0 Å². The van der Waals surface area contributed by atoms with Crippen LogP contribution in [0.25, 0.3) is 0 Å². The Balaban J connectivity index is 2.25. The van der Waals surface area contributed by atoms with Crippen molar-refractivity contribution >= 4 is 15.9 Å². The number of halogens is 1. The Bertz CT molecular complexity index is 575. The molecule has 1 unspecified atom stereocenters. The molecule has 1 atom stereocenters. The van der Waals surface area contributed by atoms with E-state index in [1.54, 1.807) is 7.11 Å². The number of methoxy groups -OCH3 is 1. The molecule has 2 rings (SSSR count). The topological polar surface area (TPSA) is 42.6 Å². The highest BCUT2D eigenvalue weighted by Gasteiger charge is 2.17. The normalized spacial score (nSPS) is 12.5. The summed E-state index contributed by atoms with van der Waals surface area (Å²) in [4.78, 5) is 0. The van der Waals surface area contributed by atoms with Crippen LogP contribution in [0.15, 0.2) is 33.2 Å². The zero-order valence-corrected chi connectivity index (χ0v) is 12.8. The van der Waals surface area contributed by atoms with Crippen molar-refractivity contribution in [2.45, 2.75) is 26.4 Å². The van der Waals surface area contributed by atoms with E-state index in [2.05, 4.69) is 15.9 Å². The lowest BCUT2D eigenvalue weighted by atomic mass is 10.0. The minimum atomic E-state index is -0.597. The van der Waals surface area contributed by atoms with Gasteiger partial charge in [-0.05, 0) is 43.7 Å². The molecule has 0 aliphatic rings. The van der Waals surface area contributed by atoms with Crippen molar-refractivity contribution in [2.24, 2.45) is 0 Å². The minimum absolute atomic E-state index is 0.489. The number of rotatable bonds is 4. The standard InChI is InChI=1S/C15H17BrO3/c1-9-6-13(10(2)19-9)14(17)8-11-7-12(16)4-5-15(11)18-3/h4-7,14,17H,8H2,1-3H3. The first-order valence-electron chi connectivity index (χ1n) is 6.08. The lowest BCUT2D eigenvalue weighted by molar-refractivity contribution is 0.175. The molecule has 0 saturated heterocycles. The van der Waals surface area contributed by atoms with Gasteiger partial charge < -0.3 is 14.3 Å². The first-order valence-corrected chi connectivity index (χ1v) is 6.88. The highest BCUT2D eigenvalue weighted by Crippen LogP contribution is 2.30. The summed E-state index contributed by atoms with van der Waals surface area (Å²) in [7, 11) is 1.63. The summed E-state index contributed by atoms with van der Waals surface area (Å²) in [6.45, 7) is 3.74. The summed E-state index contributed by atoms with van der Waals surface area (Å²) >= 11 is 3.43. The molecule has 1 aromatic heterocycles. The van der Waals surface area contributed by atoms with E-state index < -0.39 is 6.10 Å². The predicted octanol–water partition coefficient (Wildman–Crippen LogP) is 3.94. The van der Waals surface area contributed by atoms with Crippen LogP contribution in [-0.2, 0) is 6.42 Å². The van der Waals surface area contributed by atoms with Crippen LogP contribution in [0.2, 0.25) is 0 Å². The molecule has 1 N–H and O–H groups in total. The van der Waals surface area contributed by atoms with Gasteiger partial charge in [-0.25, -0.2) is 0 Å². The lowest BCUT2D eigenvalue weighted by Gasteiger charge is -2.13. The zero-order chi connectivity index (χ0) is 14.0. The second-order valence-corrected chi connectivity index (χ2v) is 5.46. The molecular formula is C15H17BrO3. The molecule has 3 nitrogen and oxygen atoms in total. The van der Waals surface area contributed by atoms with Gasteiger partial charge in [0.1, 0.15) is 17.3 Å². The van der Waals surface area contributed by atoms with Gasteiger partial charge in [-0.15, -0.1) is 0 Å². The van der Waals surface area contributed by atoms with Gasteiger partial charge in [0, 0.05) is 16.5 Å². The summed E-state index contributed by atoms with van der Waals surface area (Å²) < 4.78 is 11.7. The molecule has 0 fully saturated rings. The number of hydrogen-bond acceptors (Lipinski definition) is 3. The maximum Gasteiger partial charge on any atom is 0.122 e. The van der Waals surface area contributed by atoms with Crippen LogP contribution in [-0.4, -0.2) is 12.2 Å². The van der Waals surface area contributed by atoms with E-state index >= 15 is 0 Å². The van der Waals surface area contributed by atoms with Crippen LogP contribution in [0, 0.1) is 13.8 Å². The van der Waals surface area contributed by atoms with Crippen LogP contribution in [0.3, 0.4) is 0 Å². The van der Waals surface area contributed by atoms with E-state index in [1.165, 1.54) is 0 Å². The van der Waals surface area contributed by atoms with Crippen LogP contribution < -0.4 is 4.74 Å². The van der Waals surface area contributed by atoms with E-state index in [1.807, 2.05) is 38.1 Å². The molecule has 0 spiro atoms. The van der Waals surface area contributed by atoms with E-state index in [9.17, 15) is 5.11 Å². The van der Waals surface area contributed by atoms with Crippen LogP contribution >= 0.6 is 15.9 Å². The van der Waals surface area contributed by atoms with Gasteiger partial charge in [0.05, 0.1) is 13.2 Å². The van der Waals surface area contributed by atoms with Gasteiger partial charge in [0.15, 0.2) is 0 Å². The van der Waals surface area contributed by atoms with Crippen molar-refractivity contribution in [2.75, 3.05) is 7.11 Å². The van der Waals surface area contributed by atoms with Crippen LogP contribution in [0.1, 0.15) is 28.8 Å². The van der Waals surface area contributed by atoms with Gasteiger partial charge in [-0.3, -0.25) is 0 Å². The summed E-state index contributed by atoms with van der Waals surface area (Å²) in [5.74, 6) is 2.35. The fraction of sp³-hybridized carbons (Fsp3) is 0.333. The molecule has 1 aromatic carbocycles. The van der Waals surface area contributed by atoms with Crippen molar-refractivity contribution in [1.82, 2.24) is 0 Å². The SMILES string of the molecule is COc1ccc(Br)cc1CC(O)c1cc(C)oc1C. The molecular weight excluding hydrogens is 308 g/mol. The van der Waals surface area contributed by atoms with Gasteiger partial charge in [-0.2, -0.15) is 0 Å². The molecule has 1 heterocycles. The van der Waals surface area contributed by atoms with Crippen molar-refractivity contribution in [3.63, 3.8) is 0 Å². The summed E-state index contributed by atoms with van der Waals surface area (Å²) in [6.07, 6.45) is -0.108. The maximum absolute atomic E-state index is 10.3. The number of furan rings is 1. The Kier molecular flexibility index (Phi) is 4.32. The van der Waals surface area contributed by atoms with Crippen molar-refractivity contribution in [3.05, 3.63) is 51.4 Å². The second kappa shape index (κ2) is 5.80. The molecule has 0 radical (unpaired) electrons. The Labute approximate surface area is 121 Å². The van der Waals surface area contributed by atoms with Crippen molar-refractivity contribution in [1.29, 1.82) is 0 Å². The number of aliphatic hydroxyl groups excluding tert-OH is 1. The molecule has 2 aromatic rings. The van der Waals surface area contributed by atoms with Gasteiger partial charge >= 0.3 is 0 Å². The second-order valence-electron chi connectivity index (χ2n) is 4.54. The predicted molar refractivity (Wildman–Crippen MR) is 77.5 cm³/mol. The summed E-state index contributed by atoms with van der Waals surface area (Å²) in [5, 5.41) is 10.3. The van der Waals surface area contributed by atoms with Gasteiger partial charge in [0.25, 0.3) is 0 Å². The fourth-order valence-electron chi connectivity index (χ4n) is 2.21. The first-order chi connectivity index (χ1) is 9.01. The van der Waals surface area contributed by atoms with E-state index in [0.717, 1.165) is 32.9 Å². The number of hydrogen-bond donors (Lipinski definition) is 1. The van der Waals surface area contributed by atoms with E-state index in [0.29, 0.717) is 6.42 Å². The molecule has 0 aliphatic carbocycles. The smallest absolute Gasteiger partial charge is 0.122 e. The largest absolute Gasteiger partial charge is 0.496 e. The Morgan fingerprint density at radius 1 is 1.32 bits per heavy atom. The Morgan fingerprint density at radius 3 is 2.63 bits per heavy atom. The van der Waals surface area contributed by atoms with E-state index in [4.69, 9.17) is 9.15 Å². The zero-order valence-electron chi connectivity index (χ0n) is 11.2. The quantitative estimate of drug-likeness (QED) is 0.926. The summed E-state index contributed by atoms with van der Waals surface area (Å²) in [5.41, 5.74) is 1.79. The first kappa shape index (κ1) is 14.2. The average Bonchev–Trinajstić information content (AvgIpc) is 2.69. The average molecular weight is 325 g/mol. The Morgan fingerprint density at radius 2 is 2.05 bits per heavy atom. The number of aliphatic hydroxyl groups is 1. The molecule has 0 amide bonds. The monoisotopic (exact) mass is 324 g/mol. The molecule has 102 valence electrons. The third-order valence-corrected chi connectivity index (χ3v) is 3.59. The highest BCUT2D eigenvalue weighted by atomic mass is 79.9. The maximum atomic E-state index is 10.3. The third-order valence-electron chi connectivity index (χ3n) is 3.09. The van der Waals surface area contributed by atoms with Crippen molar-refractivity contribution in [3.8, 4) is 5.75 Å². The van der Waals surface area contributed by atoms with Gasteiger partial charge in [0.2, 0.25) is 0 Å².